The molecule has 0 saturated carbocycles. The van der Waals surface area contributed by atoms with Crippen molar-refractivity contribution >= 4 is 28.6 Å². The molecule has 0 bridgehead atoms. The Labute approximate surface area is 201 Å². The van der Waals surface area contributed by atoms with Crippen molar-refractivity contribution < 1.29 is 24.5 Å². The van der Waals surface area contributed by atoms with Gasteiger partial charge in [0.15, 0.2) is 5.76 Å². The minimum atomic E-state index is -0.435. The highest BCUT2D eigenvalue weighted by Crippen LogP contribution is 2.41. The van der Waals surface area contributed by atoms with E-state index in [1.165, 1.54) is 6.07 Å². The largest absolute Gasteiger partial charge is 0.508 e. The third kappa shape index (κ3) is 3.59. The maximum Gasteiger partial charge on any atom is 0.235 e. The van der Waals surface area contributed by atoms with E-state index < -0.39 is 5.78 Å². The van der Waals surface area contributed by atoms with Gasteiger partial charge in [-0.15, -0.1) is 0 Å². The molecule has 4 aromatic rings. The molecule has 2 aromatic carbocycles. The van der Waals surface area contributed by atoms with Gasteiger partial charge >= 0.3 is 0 Å². The van der Waals surface area contributed by atoms with Gasteiger partial charge in [-0.3, -0.25) is 4.79 Å². The summed E-state index contributed by atoms with van der Waals surface area (Å²) >= 11 is 0. The van der Waals surface area contributed by atoms with Crippen molar-refractivity contribution in [2.24, 2.45) is 7.05 Å². The summed E-state index contributed by atoms with van der Waals surface area (Å²) in [5.41, 5.74) is 4.76. The van der Waals surface area contributed by atoms with Gasteiger partial charge in [-0.05, 0) is 35.4 Å². The second kappa shape index (κ2) is 8.18. The van der Waals surface area contributed by atoms with Crippen LogP contribution in [-0.4, -0.2) is 51.9 Å². The van der Waals surface area contributed by atoms with Gasteiger partial charge in [-0.1, -0.05) is 12.1 Å². The monoisotopic (exact) mass is 469 g/mol. The molecule has 2 N–H and O–H groups in total. The molecule has 0 radical (unpaired) electrons. The van der Waals surface area contributed by atoms with Gasteiger partial charge in [-0.25, -0.2) is 4.98 Å². The smallest absolute Gasteiger partial charge is 0.235 e. The van der Waals surface area contributed by atoms with E-state index in [1.807, 2.05) is 23.9 Å². The number of pyridine rings is 1. The molecule has 8 nitrogen and oxygen atoms in total. The SMILES string of the molecule is Cn1cc(/C=C2\Oc3cc(O)cc(O)c3C2=O)c2c(-c3ccc(N4CCOCC4)cc3)ccnc21. The van der Waals surface area contributed by atoms with Crippen molar-refractivity contribution in [1.82, 2.24) is 9.55 Å². The van der Waals surface area contributed by atoms with E-state index in [0.717, 1.165) is 65.8 Å². The van der Waals surface area contributed by atoms with Crippen molar-refractivity contribution in [3.63, 3.8) is 0 Å². The lowest BCUT2D eigenvalue weighted by molar-refractivity contribution is 0.101. The number of fused-ring (bicyclic) bond motifs is 2. The number of hydrogen-bond acceptors (Lipinski definition) is 7. The topological polar surface area (TPSA) is 97.0 Å². The highest BCUT2D eigenvalue weighted by Gasteiger charge is 2.31. The van der Waals surface area contributed by atoms with Gasteiger partial charge in [0.05, 0.1) is 13.2 Å². The average Bonchev–Trinajstić information content (AvgIpc) is 3.36. The minimum Gasteiger partial charge on any atom is -0.508 e. The van der Waals surface area contributed by atoms with E-state index in [9.17, 15) is 15.0 Å². The van der Waals surface area contributed by atoms with Crippen LogP contribution >= 0.6 is 0 Å². The molecule has 2 aliphatic rings. The number of carbonyl (C=O) groups excluding carboxylic acids is 1. The number of rotatable bonds is 3. The molecule has 4 heterocycles. The molecule has 0 atom stereocenters. The third-order valence-corrected chi connectivity index (χ3v) is 6.46. The summed E-state index contributed by atoms with van der Waals surface area (Å²) < 4.78 is 13.1. The molecular formula is C27H23N3O5. The number of aromatic nitrogens is 2. The van der Waals surface area contributed by atoms with Crippen LogP contribution in [0.1, 0.15) is 15.9 Å². The molecule has 2 aromatic heterocycles. The lowest BCUT2D eigenvalue weighted by Crippen LogP contribution is -2.36. The van der Waals surface area contributed by atoms with Crippen LogP contribution < -0.4 is 9.64 Å². The molecule has 1 saturated heterocycles. The summed E-state index contributed by atoms with van der Waals surface area (Å²) in [6.45, 7) is 3.21. The number of aryl methyl sites for hydroxylation is 1. The van der Waals surface area contributed by atoms with Crippen molar-refractivity contribution in [2.75, 3.05) is 31.2 Å². The zero-order valence-electron chi connectivity index (χ0n) is 19.1. The first kappa shape index (κ1) is 21.2. The Morgan fingerprint density at radius 1 is 1.06 bits per heavy atom. The number of aromatic hydroxyl groups is 2. The van der Waals surface area contributed by atoms with Gasteiger partial charge in [0.25, 0.3) is 0 Å². The Kier molecular flexibility index (Phi) is 4.96. The maximum atomic E-state index is 12.9. The summed E-state index contributed by atoms with van der Waals surface area (Å²) in [6, 6.07) is 12.8. The van der Waals surface area contributed by atoms with E-state index in [2.05, 4.69) is 34.1 Å². The van der Waals surface area contributed by atoms with Gasteiger partial charge in [0, 0.05) is 61.3 Å². The third-order valence-electron chi connectivity index (χ3n) is 6.46. The first-order valence-corrected chi connectivity index (χ1v) is 11.4. The predicted molar refractivity (Wildman–Crippen MR) is 132 cm³/mol. The molecule has 1 fully saturated rings. The number of morpholine rings is 1. The standard InChI is InChI=1S/C27H23N3O5/c1-29-15-17(12-23-26(33)25-21(32)13-19(31)14-22(25)35-23)24-20(6-7-28-27(24)29)16-2-4-18(5-3-16)30-8-10-34-11-9-30/h2-7,12-15,31-32H,8-11H2,1H3/b23-12-. The second-order valence-electron chi connectivity index (χ2n) is 8.68. The van der Waals surface area contributed by atoms with Crippen LogP contribution in [0.2, 0.25) is 0 Å². The van der Waals surface area contributed by atoms with E-state index in [1.54, 1.807) is 12.3 Å². The fourth-order valence-electron chi connectivity index (χ4n) is 4.78. The summed E-state index contributed by atoms with van der Waals surface area (Å²) in [7, 11) is 1.90. The summed E-state index contributed by atoms with van der Waals surface area (Å²) in [5.74, 6) is -0.710. The Morgan fingerprint density at radius 3 is 2.60 bits per heavy atom. The van der Waals surface area contributed by atoms with Crippen molar-refractivity contribution in [2.45, 2.75) is 0 Å². The van der Waals surface area contributed by atoms with Crippen LogP contribution in [-0.2, 0) is 11.8 Å². The number of phenols is 2. The van der Waals surface area contributed by atoms with Gasteiger partial charge in [-0.2, -0.15) is 0 Å². The number of anilines is 1. The van der Waals surface area contributed by atoms with Crippen LogP contribution in [0.15, 0.2) is 60.6 Å². The van der Waals surface area contributed by atoms with Crippen LogP contribution in [0.5, 0.6) is 17.2 Å². The number of allylic oxidation sites excluding steroid dienone is 1. The Morgan fingerprint density at radius 2 is 1.83 bits per heavy atom. The molecule has 8 heteroatoms. The number of hydrogen-bond donors (Lipinski definition) is 2. The molecule has 35 heavy (non-hydrogen) atoms. The predicted octanol–water partition coefficient (Wildman–Crippen LogP) is 4.10. The van der Waals surface area contributed by atoms with Crippen LogP contribution in [0.3, 0.4) is 0 Å². The Bertz CT molecular complexity index is 1500. The summed E-state index contributed by atoms with van der Waals surface area (Å²) in [4.78, 5) is 19.8. The lowest BCUT2D eigenvalue weighted by Gasteiger charge is -2.29. The zero-order chi connectivity index (χ0) is 24.1. The van der Waals surface area contributed by atoms with E-state index >= 15 is 0 Å². The lowest BCUT2D eigenvalue weighted by atomic mass is 10.00. The normalized spacial score (nSPS) is 16.7. The quantitative estimate of drug-likeness (QED) is 0.436. The molecule has 0 aliphatic carbocycles. The fraction of sp³-hybridized carbons (Fsp3) is 0.185. The number of nitrogens with zero attached hydrogens (tertiary/aromatic N) is 3. The molecule has 2 aliphatic heterocycles. The van der Waals surface area contributed by atoms with Gasteiger partial charge in [0.2, 0.25) is 5.78 Å². The molecule has 6 rings (SSSR count). The second-order valence-corrected chi connectivity index (χ2v) is 8.68. The number of phenolic OH excluding ortho intramolecular Hbond substituents is 2. The average molecular weight is 469 g/mol. The molecule has 0 unspecified atom stereocenters. The number of ether oxygens (including phenoxy) is 2. The minimum absolute atomic E-state index is 0.0475. The molecule has 176 valence electrons. The van der Waals surface area contributed by atoms with Crippen molar-refractivity contribution in [3.05, 3.63) is 71.7 Å². The Hall–Kier alpha value is -4.30. The van der Waals surface area contributed by atoms with Gasteiger partial charge in [0.1, 0.15) is 28.5 Å². The summed E-state index contributed by atoms with van der Waals surface area (Å²) in [6.07, 6.45) is 5.33. The first-order valence-electron chi connectivity index (χ1n) is 11.4. The fourth-order valence-corrected chi connectivity index (χ4v) is 4.78. The number of ketones is 1. The zero-order valence-corrected chi connectivity index (χ0v) is 19.1. The van der Waals surface area contributed by atoms with E-state index in [4.69, 9.17) is 9.47 Å². The van der Waals surface area contributed by atoms with Crippen molar-refractivity contribution in [1.29, 1.82) is 0 Å². The molecule has 0 amide bonds. The van der Waals surface area contributed by atoms with Crippen molar-refractivity contribution in [3.8, 4) is 28.4 Å². The number of benzene rings is 2. The number of Topliss-reactive ketones (excluding diaryl/α,β-unsaturated/α-hetero) is 1. The van der Waals surface area contributed by atoms with E-state index in [-0.39, 0.29) is 28.6 Å². The first-order chi connectivity index (χ1) is 17.0. The highest BCUT2D eigenvalue weighted by molar-refractivity contribution is 6.17. The summed E-state index contributed by atoms with van der Waals surface area (Å²) in [5, 5.41) is 20.8. The molecular weight excluding hydrogens is 446 g/mol. The number of carbonyl (C=O) groups is 1. The molecule has 0 spiro atoms. The maximum absolute atomic E-state index is 12.9. The van der Waals surface area contributed by atoms with Crippen LogP contribution in [0.4, 0.5) is 5.69 Å². The van der Waals surface area contributed by atoms with E-state index in [0.29, 0.717) is 0 Å². The van der Waals surface area contributed by atoms with Crippen LogP contribution in [0.25, 0.3) is 28.2 Å². The highest BCUT2D eigenvalue weighted by atomic mass is 16.5. The Balaban J connectivity index is 1.42. The van der Waals surface area contributed by atoms with Crippen LogP contribution in [0, 0.1) is 0 Å². The van der Waals surface area contributed by atoms with Gasteiger partial charge < -0.3 is 29.2 Å².